The minimum Gasteiger partial charge on any atom is -0.464 e. The van der Waals surface area contributed by atoms with E-state index in [4.69, 9.17) is 4.74 Å². The number of halogens is 3. The van der Waals surface area contributed by atoms with Crippen LogP contribution in [-0.2, 0) is 11.3 Å². The molecule has 0 bridgehead atoms. The zero-order valence-electron chi connectivity index (χ0n) is 8.12. The maximum atomic E-state index is 11.6. The molecule has 0 amide bonds. The second-order valence-electron chi connectivity index (χ2n) is 2.76. The molecule has 1 heterocycles. The van der Waals surface area contributed by atoms with E-state index in [1.54, 1.807) is 10.9 Å². The Kier molecular flexibility index (Phi) is 3.96. The Balaban J connectivity index is 2.20. The number of hydrogen-bond donors (Lipinski definition) is 0. The quantitative estimate of drug-likeness (QED) is 0.565. The van der Waals surface area contributed by atoms with Gasteiger partial charge in [0.2, 0.25) is 0 Å². The molecule has 7 heteroatoms. The van der Waals surface area contributed by atoms with Gasteiger partial charge in [0, 0.05) is 6.54 Å². The molecule has 86 valence electrons. The summed E-state index contributed by atoms with van der Waals surface area (Å²) < 4.78 is 45.7. The van der Waals surface area contributed by atoms with E-state index in [9.17, 15) is 13.2 Å². The predicted molar refractivity (Wildman–Crippen MR) is 45.4 cm³/mol. The Morgan fingerprint density at radius 3 is 2.73 bits per heavy atom. The second kappa shape index (κ2) is 5.01. The molecule has 0 fully saturated rings. The summed E-state index contributed by atoms with van der Waals surface area (Å²) in [5.74, 6) is 0.388. The summed E-state index contributed by atoms with van der Waals surface area (Å²) >= 11 is 0. The Labute approximate surface area is 84.6 Å². The zero-order valence-corrected chi connectivity index (χ0v) is 8.12. The fourth-order valence-electron chi connectivity index (χ4n) is 0.859. The minimum absolute atomic E-state index is 0.388. The lowest BCUT2D eigenvalue weighted by Gasteiger charge is -2.07. The molecule has 1 rings (SSSR count). The maximum Gasteiger partial charge on any atom is 0.411 e. The van der Waals surface area contributed by atoms with Gasteiger partial charge in [0.05, 0.1) is 12.4 Å². The van der Waals surface area contributed by atoms with Gasteiger partial charge < -0.3 is 9.47 Å². The lowest BCUT2D eigenvalue weighted by molar-refractivity contribution is -0.186. The van der Waals surface area contributed by atoms with Gasteiger partial charge in [0.15, 0.2) is 12.5 Å². The van der Waals surface area contributed by atoms with Crippen molar-refractivity contribution in [3.05, 3.63) is 12.4 Å². The number of aromatic nitrogens is 2. The molecular weight excluding hydrogens is 213 g/mol. The molecule has 0 saturated heterocycles. The highest BCUT2D eigenvalue weighted by molar-refractivity contribution is 5.11. The largest absolute Gasteiger partial charge is 0.464 e. The number of rotatable bonds is 5. The van der Waals surface area contributed by atoms with E-state index in [1.807, 2.05) is 6.92 Å². The summed E-state index contributed by atoms with van der Waals surface area (Å²) in [7, 11) is 0. The number of alkyl halides is 3. The highest BCUT2D eigenvalue weighted by Crippen LogP contribution is 2.14. The number of ether oxygens (including phenoxy) is 2. The maximum absolute atomic E-state index is 11.6. The van der Waals surface area contributed by atoms with Crippen molar-refractivity contribution < 1.29 is 22.6 Å². The lowest BCUT2D eigenvalue weighted by atomic mass is 10.6. The first-order valence-electron chi connectivity index (χ1n) is 4.31. The fraction of sp³-hybridized carbons (Fsp3) is 0.625. The Hall–Kier alpha value is -1.24. The second-order valence-corrected chi connectivity index (χ2v) is 2.76. The van der Waals surface area contributed by atoms with Crippen molar-refractivity contribution in [2.45, 2.75) is 19.6 Å². The van der Waals surface area contributed by atoms with Crippen LogP contribution in [0.15, 0.2) is 12.4 Å². The Morgan fingerprint density at radius 1 is 1.47 bits per heavy atom. The molecule has 0 spiro atoms. The van der Waals surface area contributed by atoms with Gasteiger partial charge in [-0.2, -0.15) is 18.3 Å². The highest BCUT2D eigenvalue weighted by Gasteiger charge is 2.27. The summed E-state index contributed by atoms with van der Waals surface area (Å²) in [6, 6.07) is 0. The van der Waals surface area contributed by atoms with Gasteiger partial charge in [-0.25, -0.2) is 0 Å². The summed E-state index contributed by atoms with van der Waals surface area (Å²) in [5, 5.41) is 3.88. The van der Waals surface area contributed by atoms with Crippen LogP contribution in [0.5, 0.6) is 5.75 Å². The molecule has 0 radical (unpaired) electrons. The Morgan fingerprint density at radius 2 is 2.20 bits per heavy atom. The van der Waals surface area contributed by atoms with E-state index < -0.39 is 19.6 Å². The molecule has 1 aromatic heterocycles. The van der Waals surface area contributed by atoms with Gasteiger partial charge in [0.1, 0.15) is 6.61 Å². The first-order chi connectivity index (χ1) is 7.01. The molecular formula is C8H11F3N2O2. The summed E-state index contributed by atoms with van der Waals surface area (Å²) in [4.78, 5) is 0. The van der Waals surface area contributed by atoms with Gasteiger partial charge in [0.25, 0.3) is 0 Å². The van der Waals surface area contributed by atoms with Crippen LogP contribution in [-0.4, -0.2) is 29.4 Å². The van der Waals surface area contributed by atoms with Crippen LogP contribution in [0.3, 0.4) is 0 Å². The van der Waals surface area contributed by atoms with Crippen molar-refractivity contribution >= 4 is 0 Å². The van der Waals surface area contributed by atoms with Crippen molar-refractivity contribution in [3.8, 4) is 5.75 Å². The van der Waals surface area contributed by atoms with Crippen LogP contribution >= 0.6 is 0 Å². The van der Waals surface area contributed by atoms with Crippen molar-refractivity contribution in [2.24, 2.45) is 0 Å². The molecule has 0 atom stereocenters. The zero-order chi connectivity index (χ0) is 11.3. The van der Waals surface area contributed by atoms with Crippen LogP contribution in [0.25, 0.3) is 0 Å². The van der Waals surface area contributed by atoms with E-state index in [2.05, 4.69) is 9.84 Å². The average molecular weight is 224 g/mol. The topological polar surface area (TPSA) is 36.3 Å². The fourth-order valence-corrected chi connectivity index (χ4v) is 0.859. The highest BCUT2D eigenvalue weighted by atomic mass is 19.4. The number of aryl methyl sites for hydroxylation is 1. The predicted octanol–water partition coefficient (Wildman–Crippen LogP) is 1.82. The van der Waals surface area contributed by atoms with Crippen LogP contribution < -0.4 is 4.74 Å². The van der Waals surface area contributed by atoms with E-state index >= 15 is 0 Å². The summed E-state index contributed by atoms with van der Waals surface area (Å²) in [6.45, 7) is 0.813. The summed E-state index contributed by atoms with van der Waals surface area (Å²) in [5.41, 5.74) is 0. The first-order valence-corrected chi connectivity index (χ1v) is 4.31. The van der Waals surface area contributed by atoms with E-state index in [0.29, 0.717) is 12.3 Å². The van der Waals surface area contributed by atoms with Crippen LogP contribution in [0.4, 0.5) is 13.2 Å². The number of nitrogens with zero attached hydrogens (tertiary/aromatic N) is 2. The molecule has 0 aliphatic heterocycles. The third-order valence-electron chi connectivity index (χ3n) is 1.51. The molecule has 0 aliphatic rings. The van der Waals surface area contributed by atoms with Crippen LogP contribution in [0, 0.1) is 0 Å². The monoisotopic (exact) mass is 224 g/mol. The van der Waals surface area contributed by atoms with Crippen molar-refractivity contribution in [3.63, 3.8) is 0 Å². The SMILES string of the molecule is CCn1cc(OCOCC(F)(F)F)cn1. The third kappa shape index (κ3) is 4.68. The first kappa shape index (κ1) is 11.8. The van der Waals surface area contributed by atoms with Gasteiger partial charge in [-0.1, -0.05) is 0 Å². The van der Waals surface area contributed by atoms with E-state index in [0.717, 1.165) is 0 Å². The molecule has 0 unspecified atom stereocenters. The molecule has 0 aromatic carbocycles. The standard InChI is InChI=1S/C8H11F3N2O2/c1-2-13-4-7(3-12-13)15-6-14-5-8(9,10)11/h3-4H,2,5-6H2,1H3. The third-order valence-corrected chi connectivity index (χ3v) is 1.51. The van der Waals surface area contributed by atoms with Crippen LogP contribution in [0.1, 0.15) is 6.92 Å². The van der Waals surface area contributed by atoms with Crippen molar-refractivity contribution in [2.75, 3.05) is 13.4 Å². The van der Waals surface area contributed by atoms with E-state index in [-0.39, 0.29) is 0 Å². The van der Waals surface area contributed by atoms with Gasteiger partial charge in [-0.3, -0.25) is 4.68 Å². The average Bonchev–Trinajstić information content (AvgIpc) is 2.59. The van der Waals surface area contributed by atoms with Crippen molar-refractivity contribution in [1.82, 2.24) is 9.78 Å². The van der Waals surface area contributed by atoms with Crippen molar-refractivity contribution in [1.29, 1.82) is 0 Å². The van der Waals surface area contributed by atoms with Crippen LogP contribution in [0.2, 0.25) is 0 Å². The molecule has 0 N–H and O–H groups in total. The lowest BCUT2D eigenvalue weighted by Crippen LogP contribution is -2.18. The molecule has 0 saturated carbocycles. The smallest absolute Gasteiger partial charge is 0.411 e. The minimum atomic E-state index is -4.32. The normalized spacial score (nSPS) is 11.7. The van der Waals surface area contributed by atoms with E-state index in [1.165, 1.54) is 6.20 Å². The molecule has 1 aromatic rings. The summed E-state index contributed by atoms with van der Waals surface area (Å²) in [6.07, 6.45) is -1.33. The number of hydrogen-bond acceptors (Lipinski definition) is 3. The van der Waals surface area contributed by atoms with Gasteiger partial charge in [-0.15, -0.1) is 0 Å². The Bertz CT molecular complexity index is 298. The molecule has 15 heavy (non-hydrogen) atoms. The van der Waals surface area contributed by atoms with Gasteiger partial charge in [-0.05, 0) is 6.92 Å². The van der Waals surface area contributed by atoms with Gasteiger partial charge >= 0.3 is 6.18 Å². The molecule has 4 nitrogen and oxygen atoms in total. The molecule has 0 aliphatic carbocycles.